The molecule has 0 atom stereocenters. The van der Waals surface area contributed by atoms with E-state index in [1.165, 1.54) is 30.6 Å². The molecule has 0 radical (unpaired) electrons. The lowest BCUT2D eigenvalue weighted by Gasteiger charge is -2.09. The fraction of sp³-hybridized carbons (Fsp3) is 0.0667. The van der Waals surface area contributed by atoms with Crippen LogP contribution in [-0.2, 0) is 0 Å². The van der Waals surface area contributed by atoms with Crippen LogP contribution >= 0.6 is 22.6 Å². The second-order valence-corrected chi connectivity index (χ2v) is 6.15. The van der Waals surface area contributed by atoms with Crippen LogP contribution < -0.4 is 4.74 Å². The van der Waals surface area contributed by atoms with E-state index in [9.17, 15) is 13.2 Å². The van der Waals surface area contributed by atoms with E-state index in [-0.39, 0.29) is 5.75 Å². The molecule has 0 aliphatic rings. The monoisotopic (exact) mass is 472 g/mol. The van der Waals surface area contributed by atoms with Gasteiger partial charge < -0.3 is 4.74 Å². The highest BCUT2D eigenvalue weighted by Gasteiger charge is 2.31. The summed E-state index contributed by atoms with van der Waals surface area (Å²) in [6.07, 6.45) is -1.66. The van der Waals surface area contributed by atoms with Gasteiger partial charge in [-0.2, -0.15) is 10.2 Å². The van der Waals surface area contributed by atoms with E-state index in [0.717, 1.165) is 10.9 Å². The Kier molecular flexibility index (Phi) is 4.01. The summed E-state index contributed by atoms with van der Waals surface area (Å²) in [5.41, 5.74) is 1.84. The average molecular weight is 472 g/mol. The minimum Gasteiger partial charge on any atom is -0.406 e. The molecular formula is C15H8F3IN6O. The topological polar surface area (TPSA) is 81.5 Å². The fourth-order valence-electron chi connectivity index (χ4n) is 2.49. The summed E-state index contributed by atoms with van der Waals surface area (Å²) in [5, 5.41) is 11.9. The molecule has 1 N–H and O–H groups in total. The van der Waals surface area contributed by atoms with E-state index in [0.29, 0.717) is 20.9 Å². The lowest BCUT2D eigenvalue weighted by Crippen LogP contribution is -2.17. The number of halogens is 4. The van der Waals surface area contributed by atoms with Gasteiger partial charge in [-0.15, -0.1) is 13.2 Å². The predicted octanol–water partition coefficient (Wildman–Crippen LogP) is 3.71. The summed E-state index contributed by atoms with van der Waals surface area (Å²) in [5.74, 6) is 0.200. The molecule has 132 valence electrons. The van der Waals surface area contributed by atoms with Crippen molar-refractivity contribution in [2.45, 2.75) is 6.36 Å². The number of fused-ring (bicyclic) bond motifs is 1. The van der Waals surface area contributed by atoms with E-state index in [4.69, 9.17) is 0 Å². The van der Waals surface area contributed by atoms with Crippen LogP contribution in [0.3, 0.4) is 0 Å². The van der Waals surface area contributed by atoms with Crippen LogP contribution in [0.1, 0.15) is 0 Å². The number of alkyl halides is 3. The van der Waals surface area contributed by atoms with Gasteiger partial charge in [0.1, 0.15) is 15.8 Å². The van der Waals surface area contributed by atoms with Crippen molar-refractivity contribution in [3.8, 4) is 22.8 Å². The van der Waals surface area contributed by atoms with Gasteiger partial charge in [-0.25, -0.2) is 14.6 Å². The molecule has 4 aromatic rings. The number of pyridine rings is 1. The first-order valence-corrected chi connectivity index (χ1v) is 8.26. The maximum absolute atomic E-state index is 12.3. The van der Waals surface area contributed by atoms with Crippen molar-refractivity contribution < 1.29 is 17.9 Å². The Labute approximate surface area is 157 Å². The first-order valence-electron chi connectivity index (χ1n) is 7.18. The van der Waals surface area contributed by atoms with Gasteiger partial charge in [-0.05, 0) is 52.9 Å². The van der Waals surface area contributed by atoms with Crippen LogP contribution in [0.5, 0.6) is 5.75 Å². The molecule has 0 bridgehead atoms. The molecule has 7 nitrogen and oxygen atoms in total. The Morgan fingerprint density at radius 1 is 1.08 bits per heavy atom. The number of hydrogen-bond acceptors (Lipinski definition) is 5. The molecule has 4 rings (SSSR count). The highest BCUT2D eigenvalue weighted by atomic mass is 127. The molecule has 1 aromatic carbocycles. The van der Waals surface area contributed by atoms with E-state index in [2.05, 4.69) is 52.6 Å². The fourth-order valence-corrected chi connectivity index (χ4v) is 3.24. The number of hydrogen-bond donors (Lipinski definition) is 1. The summed E-state index contributed by atoms with van der Waals surface area (Å²) >= 11 is 2.07. The van der Waals surface area contributed by atoms with Gasteiger partial charge in [0, 0.05) is 11.8 Å². The van der Waals surface area contributed by atoms with Gasteiger partial charge in [0.25, 0.3) is 0 Å². The third-order valence-corrected chi connectivity index (χ3v) is 4.25. The maximum atomic E-state index is 12.3. The van der Waals surface area contributed by atoms with Crippen molar-refractivity contribution in [2.75, 3.05) is 0 Å². The zero-order valence-corrected chi connectivity index (χ0v) is 14.9. The summed E-state index contributed by atoms with van der Waals surface area (Å²) in [7, 11) is 0. The van der Waals surface area contributed by atoms with Gasteiger partial charge >= 0.3 is 6.36 Å². The molecule has 26 heavy (non-hydrogen) atoms. The lowest BCUT2D eigenvalue weighted by molar-refractivity contribution is -0.274. The third-order valence-electron chi connectivity index (χ3n) is 3.50. The van der Waals surface area contributed by atoms with Crippen molar-refractivity contribution in [1.82, 2.24) is 29.9 Å². The Balaban J connectivity index is 1.80. The van der Waals surface area contributed by atoms with Gasteiger partial charge in [-0.3, -0.25) is 5.10 Å². The minimum atomic E-state index is -4.73. The standard InChI is InChI=1S/C15H8F3IN6O/c16-15(17,18)26-9-3-1-8(2-4-9)25-14-11(12(19)24-25)10(5-6-20-14)13-21-7-22-23-13/h1-7H,(H,21,22,23). The van der Waals surface area contributed by atoms with Crippen molar-refractivity contribution in [2.24, 2.45) is 0 Å². The second kappa shape index (κ2) is 6.23. The van der Waals surface area contributed by atoms with E-state index < -0.39 is 6.36 Å². The third kappa shape index (κ3) is 3.09. The molecule has 0 aliphatic carbocycles. The number of aromatic nitrogens is 6. The van der Waals surface area contributed by atoms with Crippen LogP contribution in [0.4, 0.5) is 13.2 Å². The molecule has 0 unspecified atom stereocenters. The average Bonchev–Trinajstić information content (AvgIpc) is 3.23. The molecule has 0 saturated carbocycles. The van der Waals surface area contributed by atoms with Gasteiger partial charge in [0.2, 0.25) is 0 Å². The number of benzene rings is 1. The summed E-state index contributed by atoms with van der Waals surface area (Å²) in [4.78, 5) is 8.50. The predicted molar refractivity (Wildman–Crippen MR) is 93.6 cm³/mol. The number of ether oxygens (including phenoxy) is 1. The maximum Gasteiger partial charge on any atom is 0.573 e. The van der Waals surface area contributed by atoms with Crippen LogP contribution in [-0.4, -0.2) is 36.3 Å². The normalized spacial score (nSPS) is 11.8. The first kappa shape index (κ1) is 16.8. The molecule has 0 amide bonds. The summed E-state index contributed by atoms with van der Waals surface area (Å²) in [6, 6.07) is 7.18. The molecule has 0 fully saturated rings. The molecule has 11 heteroatoms. The number of rotatable bonds is 3. The van der Waals surface area contributed by atoms with E-state index >= 15 is 0 Å². The summed E-state index contributed by atoms with van der Waals surface area (Å²) < 4.78 is 43.0. The van der Waals surface area contributed by atoms with Gasteiger partial charge in [0.15, 0.2) is 11.5 Å². The Bertz CT molecular complexity index is 1060. The highest BCUT2D eigenvalue weighted by molar-refractivity contribution is 14.1. The molecule has 0 spiro atoms. The van der Waals surface area contributed by atoms with Crippen molar-refractivity contribution in [3.05, 3.63) is 46.6 Å². The number of nitrogens with one attached hydrogen (secondary N) is 1. The number of H-pyrrole nitrogens is 1. The Morgan fingerprint density at radius 3 is 2.50 bits per heavy atom. The molecule has 3 aromatic heterocycles. The zero-order chi connectivity index (χ0) is 18.3. The van der Waals surface area contributed by atoms with E-state index in [1.807, 2.05) is 0 Å². The molecule has 0 aliphatic heterocycles. The molecule has 0 saturated heterocycles. The Morgan fingerprint density at radius 2 is 1.85 bits per heavy atom. The van der Waals surface area contributed by atoms with Crippen molar-refractivity contribution >= 4 is 33.6 Å². The lowest BCUT2D eigenvalue weighted by atomic mass is 10.2. The molecular weight excluding hydrogens is 464 g/mol. The number of aromatic amines is 1. The van der Waals surface area contributed by atoms with Crippen molar-refractivity contribution in [1.29, 1.82) is 0 Å². The second-order valence-electron chi connectivity index (χ2n) is 5.12. The van der Waals surface area contributed by atoms with Gasteiger partial charge in [-0.1, -0.05) is 0 Å². The van der Waals surface area contributed by atoms with Crippen molar-refractivity contribution in [3.63, 3.8) is 0 Å². The number of nitrogens with zero attached hydrogens (tertiary/aromatic N) is 5. The van der Waals surface area contributed by atoms with Gasteiger partial charge in [0.05, 0.1) is 11.1 Å². The largest absolute Gasteiger partial charge is 0.573 e. The first-order chi connectivity index (χ1) is 12.4. The van der Waals surface area contributed by atoms with Crippen LogP contribution in [0.15, 0.2) is 42.9 Å². The quantitative estimate of drug-likeness (QED) is 0.460. The van der Waals surface area contributed by atoms with Crippen LogP contribution in [0.2, 0.25) is 0 Å². The zero-order valence-electron chi connectivity index (χ0n) is 12.7. The molecule has 3 heterocycles. The highest BCUT2D eigenvalue weighted by Crippen LogP contribution is 2.31. The summed E-state index contributed by atoms with van der Waals surface area (Å²) in [6.45, 7) is 0. The van der Waals surface area contributed by atoms with Crippen LogP contribution in [0, 0.1) is 3.70 Å². The van der Waals surface area contributed by atoms with Crippen LogP contribution in [0.25, 0.3) is 28.1 Å². The SMILES string of the molecule is FC(F)(F)Oc1ccc(-n2nc(I)c3c(-c4nc[nH]n4)ccnc32)cc1. The van der Waals surface area contributed by atoms with E-state index in [1.54, 1.807) is 16.9 Å². The smallest absolute Gasteiger partial charge is 0.406 e. The minimum absolute atomic E-state index is 0.304. The Hall–Kier alpha value is -2.70.